The molecule has 0 fully saturated rings. The highest BCUT2D eigenvalue weighted by Crippen LogP contribution is 2.30. The summed E-state index contributed by atoms with van der Waals surface area (Å²) in [6.07, 6.45) is 1.60. The summed E-state index contributed by atoms with van der Waals surface area (Å²) in [6.45, 7) is 5.79. The Kier molecular flexibility index (Phi) is 5.41. The average Bonchev–Trinajstić information content (AvgIpc) is 2.66. The molecule has 1 N–H and O–H groups in total. The monoisotopic (exact) mass is 335 g/mol. The van der Waals surface area contributed by atoms with Crippen LogP contribution in [0.15, 0.2) is 60.8 Å². The molecule has 0 radical (unpaired) electrons. The summed E-state index contributed by atoms with van der Waals surface area (Å²) in [5, 5.41) is 11.4. The molecule has 0 bridgehead atoms. The maximum atomic E-state index is 5.97. The molecule has 2 aromatic carbocycles. The summed E-state index contributed by atoms with van der Waals surface area (Å²) in [7, 11) is 0. The predicted molar refractivity (Wildman–Crippen MR) is 99.6 cm³/mol. The van der Waals surface area contributed by atoms with Gasteiger partial charge >= 0.3 is 0 Å². The number of nitrogens with zero attached hydrogens (tertiary/aromatic N) is 4. The Morgan fingerprint density at radius 1 is 0.960 bits per heavy atom. The van der Waals surface area contributed by atoms with Gasteiger partial charge in [0, 0.05) is 13.1 Å². The van der Waals surface area contributed by atoms with Gasteiger partial charge in [0.1, 0.15) is 5.75 Å². The zero-order valence-electron chi connectivity index (χ0n) is 14.4. The smallest absolute Gasteiger partial charge is 0.247 e. The first-order chi connectivity index (χ1) is 12.3. The molecule has 6 nitrogen and oxygen atoms in total. The third-order valence-corrected chi connectivity index (χ3v) is 3.71. The second kappa shape index (κ2) is 8.10. The van der Waals surface area contributed by atoms with Crippen molar-refractivity contribution in [1.29, 1.82) is 0 Å². The maximum Gasteiger partial charge on any atom is 0.247 e. The lowest BCUT2D eigenvalue weighted by Gasteiger charge is -2.18. The minimum absolute atomic E-state index is 0.608. The highest BCUT2D eigenvalue weighted by Gasteiger charge is 2.09. The number of ether oxygens (including phenoxy) is 1. The Labute approximate surface area is 147 Å². The van der Waals surface area contributed by atoms with E-state index < -0.39 is 0 Å². The molecule has 3 rings (SSSR count). The minimum atomic E-state index is 0.608. The van der Waals surface area contributed by atoms with E-state index in [4.69, 9.17) is 4.74 Å². The van der Waals surface area contributed by atoms with Crippen LogP contribution in [0.1, 0.15) is 13.8 Å². The van der Waals surface area contributed by atoms with Crippen molar-refractivity contribution in [3.05, 3.63) is 60.8 Å². The molecule has 0 unspecified atom stereocenters. The van der Waals surface area contributed by atoms with Gasteiger partial charge in [-0.15, -0.1) is 5.10 Å². The Bertz CT molecular complexity index is 806. The van der Waals surface area contributed by atoms with Crippen molar-refractivity contribution in [2.45, 2.75) is 13.8 Å². The summed E-state index contributed by atoms with van der Waals surface area (Å²) >= 11 is 0. The van der Waals surface area contributed by atoms with E-state index >= 15 is 0 Å². The van der Waals surface area contributed by atoms with E-state index in [0.29, 0.717) is 11.8 Å². The third-order valence-electron chi connectivity index (χ3n) is 3.71. The normalized spacial score (nSPS) is 10.3. The van der Waals surface area contributed by atoms with E-state index in [1.54, 1.807) is 6.20 Å². The molecule has 0 amide bonds. The molecule has 0 aliphatic heterocycles. The molecule has 6 heteroatoms. The van der Waals surface area contributed by atoms with Gasteiger partial charge in [0.2, 0.25) is 5.95 Å². The number of aromatic nitrogens is 3. The molecule has 0 aliphatic rings. The van der Waals surface area contributed by atoms with Crippen LogP contribution >= 0.6 is 0 Å². The van der Waals surface area contributed by atoms with E-state index in [-0.39, 0.29) is 0 Å². The zero-order chi connectivity index (χ0) is 17.5. The summed E-state index contributed by atoms with van der Waals surface area (Å²) in [5.41, 5.74) is 0.817. The highest BCUT2D eigenvalue weighted by atomic mass is 16.5. The molecule has 0 spiro atoms. The fraction of sp³-hybridized carbons (Fsp3) is 0.211. The molecule has 0 saturated heterocycles. The van der Waals surface area contributed by atoms with E-state index in [1.165, 1.54) is 0 Å². The minimum Gasteiger partial charge on any atom is -0.455 e. The van der Waals surface area contributed by atoms with Crippen LogP contribution in [-0.2, 0) is 0 Å². The molecule has 0 aliphatic carbocycles. The van der Waals surface area contributed by atoms with E-state index in [9.17, 15) is 0 Å². The van der Waals surface area contributed by atoms with Crippen LogP contribution < -0.4 is 15.0 Å². The number of nitrogens with one attached hydrogen (secondary N) is 1. The molecule has 1 aromatic heterocycles. The molecule has 25 heavy (non-hydrogen) atoms. The van der Waals surface area contributed by atoms with Gasteiger partial charge in [-0.2, -0.15) is 10.1 Å². The molecule has 0 atom stereocenters. The zero-order valence-corrected chi connectivity index (χ0v) is 14.4. The fourth-order valence-corrected chi connectivity index (χ4v) is 2.41. The SMILES string of the molecule is CCN(CC)c1nncc(Nc2ccccc2Oc2ccccc2)n1. The van der Waals surface area contributed by atoms with E-state index in [2.05, 4.69) is 34.3 Å². The first-order valence-corrected chi connectivity index (χ1v) is 8.33. The number of benzene rings is 2. The van der Waals surface area contributed by atoms with Gasteiger partial charge in [0.15, 0.2) is 11.6 Å². The van der Waals surface area contributed by atoms with Crippen LogP contribution in [0.25, 0.3) is 0 Å². The Morgan fingerprint density at radius 3 is 2.44 bits per heavy atom. The van der Waals surface area contributed by atoms with Crippen molar-refractivity contribution in [2.24, 2.45) is 0 Å². The first-order valence-electron chi connectivity index (χ1n) is 8.33. The van der Waals surface area contributed by atoms with Crippen LogP contribution in [0.2, 0.25) is 0 Å². The van der Waals surface area contributed by atoms with Crippen molar-refractivity contribution >= 4 is 17.5 Å². The predicted octanol–water partition coefficient (Wildman–Crippen LogP) is 4.25. The molecule has 1 heterocycles. The summed E-state index contributed by atoms with van der Waals surface area (Å²) in [6, 6.07) is 17.4. The van der Waals surface area contributed by atoms with Gasteiger partial charge in [0.25, 0.3) is 0 Å². The fourth-order valence-electron chi connectivity index (χ4n) is 2.41. The Balaban J connectivity index is 1.83. The van der Waals surface area contributed by atoms with Crippen molar-refractivity contribution in [3.8, 4) is 11.5 Å². The topological polar surface area (TPSA) is 63.2 Å². The number of rotatable bonds is 7. The van der Waals surface area contributed by atoms with Crippen LogP contribution in [0.5, 0.6) is 11.5 Å². The summed E-state index contributed by atoms with van der Waals surface area (Å²) in [4.78, 5) is 6.59. The van der Waals surface area contributed by atoms with E-state index in [0.717, 1.165) is 30.3 Å². The number of hydrogen-bond donors (Lipinski definition) is 1. The molecular formula is C19H21N5O. The first kappa shape index (κ1) is 16.7. The molecule has 0 saturated carbocycles. The Morgan fingerprint density at radius 2 is 1.68 bits per heavy atom. The number of hydrogen-bond acceptors (Lipinski definition) is 6. The molecule has 128 valence electrons. The van der Waals surface area contributed by atoms with Gasteiger partial charge in [-0.1, -0.05) is 30.3 Å². The second-order valence-electron chi connectivity index (χ2n) is 5.35. The molecule has 3 aromatic rings. The van der Waals surface area contributed by atoms with Crippen LogP contribution in [-0.4, -0.2) is 28.3 Å². The quantitative estimate of drug-likeness (QED) is 0.696. The second-order valence-corrected chi connectivity index (χ2v) is 5.35. The van der Waals surface area contributed by atoms with Gasteiger partial charge in [-0.3, -0.25) is 0 Å². The van der Waals surface area contributed by atoms with Crippen LogP contribution in [0, 0.1) is 0 Å². The standard InChI is InChI=1S/C19H21N5O/c1-3-24(4-2)19-22-18(14-20-23-19)21-16-12-8-9-13-17(16)25-15-10-6-5-7-11-15/h5-14H,3-4H2,1-2H3,(H,21,22,23). The van der Waals surface area contributed by atoms with Gasteiger partial charge in [0.05, 0.1) is 11.9 Å². The molecular weight excluding hydrogens is 314 g/mol. The highest BCUT2D eigenvalue weighted by molar-refractivity contribution is 5.64. The third kappa shape index (κ3) is 4.23. The van der Waals surface area contributed by atoms with Crippen LogP contribution in [0.3, 0.4) is 0 Å². The van der Waals surface area contributed by atoms with E-state index in [1.807, 2.05) is 59.5 Å². The largest absolute Gasteiger partial charge is 0.455 e. The maximum absolute atomic E-state index is 5.97. The lowest BCUT2D eigenvalue weighted by molar-refractivity contribution is 0.485. The van der Waals surface area contributed by atoms with Crippen molar-refractivity contribution < 1.29 is 4.74 Å². The lowest BCUT2D eigenvalue weighted by atomic mass is 10.3. The van der Waals surface area contributed by atoms with Crippen LogP contribution in [0.4, 0.5) is 17.5 Å². The average molecular weight is 335 g/mol. The van der Waals surface area contributed by atoms with Crippen molar-refractivity contribution in [2.75, 3.05) is 23.3 Å². The van der Waals surface area contributed by atoms with Crippen molar-refractivity contribution in [3.63, 3.8) is 0 Å². The van der Waals surface area contributed by atoms with Gasteiger partial charge in [-0.25, -0.2) is 0 Å². The lowest BCUT2D eigenvalue weighted by Crippen LogP contribution is -2.24. The summed E-state index contributed by atoms with van der Waals surface area (Å²) in [5.74, 6) is 2.73. The van der Waals surface area contributed by atoms with Gasteiger partial charge < -0.3 is 15.0 Å². The Hall–Kier alpha value is -3.15. The van der Waals surface area contributed by atoms with Gasteiger partial charge in [-0.05, 0) is 38.1 Å². The number of para-hydroxylation sites is 3. The van der Waals surface area contributed by atoms with Crippen molar-refractivity contribution in [1.82, 2.24) is 15.2 Å². The summed E-state index contributed by atoms with van der Waals surface area (Å²) < 4.78 is 5.97. The number of anilines is 3.